The lowest BCUT2D eigenvalue weighted by Gasteiger charge is -2.10. The van der Waals surface area contributed by atoms with Gasteiger partial charge in [-0.15, -0.1) is 0 Å². The maximum atomic E-state index is 12.5. The average Bonchev–Trinajstić information content (AvgIpc) is 2.31. The molecule has 0 bridgehead atoms. The molecule has 2 aromatic rings. The number of pyridine rings is 1. The number of alkyl halides is 3. The highest BCUT2D eigenvalue weighted by Gasteiger charge is 2.30. The van der Waals surface area contributed by atoms with Crippen molar-refractivity contribution < 1.29 is 13.2 Å². The first kappa shape index (κ1) is 12.4. The molecule has 1 aromatic carbocycles. The van der Waals surface area contributed by atoms with E-state index in [-0.39, 0.29) is 0 Å². The monoisotopic (exact) mass is 252 g/mol. The first-order valence-electron chi connectivity index (χ1n) is 5.32. The number of nitrogens with zero attached hydrogens (tertiary/aromatic N) is 1. The van der Waals surface area contributed by atoms with Crippen LogP contribution in [0.4, 0.5) is 13.2 Å². The molecule has 2 nitrogen and oxygen atoms in total. The van der Waals surface area contributed by atoms with Crippen molar-refractivity contribution in [2.24, 2.45) is 0 Å². The molecule has 0 amide bonds. The second-order valence-electron chi connectivity index (χ2n) is 3.96. The largest absolute Gasteiger partial charge is 0.416 e. The van der Waals surface area contributed by atoms with Crippen LogP contribution in [0.25, 0.3) is 0 Å². The van der Waals surface area contributed by atoms with Crippen LogP contribution in [-0.2, 0) is 12.7 Å². The quantitative estimate of drug-likeness (QED) is 0.851. The van der Waals surface area contributed by atoms with Gasteiger partial charge in [0.1, 0.15) is 0 Å². The molecule has 94 valence electrons. The number of hydrogen-bond donors (Lipinski definition) is 1. The maximum absolute atomic E-state index is 12.5. The van der Waals surface area contributed by atoms with Gasteiger partial charge in [-0.25, -0.2) is 0 Å². The molecular weight excluding hydrogens is 241 g/mol. The molecule has 1 N–H and O–H groups in total. The molecule has 0 unspecified atom stereocenters. The Balaban J connectivity index is 2.24. The van der Waals surface area contributed by atoms with Crippen LogP contribution < -0.4 is 5.36 Å². The Hall–Kier alpha value is -2.04. The van der Waals surface area contributed by atoms with Crippen molar-refractivity contribution in [2.75, 3.05) is 0 Å². The number of hydrogen-bond acceptors (Lipinski definition) is 1. The summed E-state index contributed by atoms with van der Waals surface area (Å²) < 4.78 is 39.3. The lowest BCUT2D eigenvalue weighted by Crippen LogP contribution is -2.08. The highest BCUT2D eigenvalue weighted by molar-refractivity contribution is 5.25. The number of nitrogens with one attached hydrogen (secondary N) is 1. The van der Waals surface area contributed by atoms with Gasteiger partial charge >= 0.3 is 6.18 Å². The van der Waals surface area contributed by atoms with Gasteiger partial charge in [-0.2, -0.15) is 13.2 Å². The third-order valence-electron chi connectivity index (χ3n) is 2.51. The molecule has 0 fully saturated rings. The normalized spacial score (nSPS) is 11.5. The molecule has 0 aliphatic carbocycles. The summed E-state index contributed by atoms with van der Waals surface area (Å²) in [7, 11) is 0. The first-order valence-corrected chi connectivity index (χ1v) is 5.32. The lowest BCUT2D eigenvalue weighted by atomic mass is 10.1. The molecule has 1 heterocycles. The van der Waals surface area contributed by atoms with E-state index in [9.17, 15) is 13.2 Å². The van der Waals surface area contributed by atoms with E-state index in [2.05, 4.69) is 0 Å². The Bertz CT molecular complexity index is 579. The first-order chi connectivity index (χ1) is 8.45. The van der Waals surface area contributed by atoms with E-state index >= 15 is 0 Å². The molecule has 0 saturated heterocycles. The van der Waals surface area contributed by atoms with Gasteiger partial charge in [0.2, 0.25) is 0 Å². The molecule has 5 heteroatoms. The zero-order chi connectivity index (χ0) is 13.2. The summed E-state index contributed by atoms with van der Waals surface area (Å²) in [5, 5.41) is 7.70. The molecule has 1 aromatic heterocycles. The predicted octanol–water partition coefficient (Wildman–Crippen LogP) is 3.03. The molecule has 0 aliphatic heterocycles. The Labute approximate surface area is 102 Å². The minimum Gasteiger partial charge on any atom is -0.350 e. The SMILES string of the molecule is N=c1ccn(Cc2cccc(C(F)(F)F)c2)cc1. The Morgan fingerprint density at radius 3 is 2.33 bits per heavy atom. The number of halogens is 3. The second-order valence-corrected chi connectivity index (χ2v) is 3.96. The van der Waals surface area contributed by atoms with Crippen LogP contribution >= 0.6 is 0 Å². The van der Waals surface area contributed by atoms with Crippen molar-refractivity contribution in [3.63, 3.8) is 0 Å². The van der Waals surface area contributed by atoms with Crippen molar-refractivity contribution in [1.29, 1.82) is 5.41 Å². The number of rotatable bonds is 2. The third-order valence-corrected chi connectivity index (χ3v) is 2.51. The van der Waals surface area contributed by atoms with Gasteiger partial charge in [0.15, 0.2) is 0 Å². The van der Waals surface area contributed by atoms with Gasteiger partial charge in [-0.05, 0) is 29.8 Å². The predicted molar refractivity (Wildman–Crippen MR) is 60.8 cm³/mol. The fourth-order valence-electron chi connectivity index (χ4n) is 1.62. The summed E-state index contributed by atoms with van der Waals surface area (Å²) in [5.74, 6) is 0. The number of aromatic nitrogens is 1. The molecule has 0 spiro atoms. The van der Waals surface area contributed by atoms with Crippen molar-refractivity contribution in [2.45, 2.75) is 12.7 Å². The van der Waals surface area contributed by atoms with E-state index in [0.717, 1.165) is 12.1 Å². The maximum Gasteiger partial charge on any atom is 0.416 e. The lowest BCUT2D eigenvalue weighted by molar-refractivity contribution is -0.137. The van der Waals surface area contributed by atoms with Crippen LogP contribution in [-0.4, -0.2) is 4.57 Å². The van der Waals surface area contributed by atoms with Crippen LogP contribution in [0.5, 0.6) is 0 Å². The van der Waals surface area contributed by atoms with Crippen molar-refractivity contribution in [3.8, 4) is 0 Å². The summed E-state index contributed by atoms with van der Waals surface area (Å²) in [4.78, 5) is 0. The molecular formula is C13H11F3N2. The summed E-state index contributed by atoms with van der Waals surface area (Å²) in [5.41, 5.74) is -0.0646. The van der Waals surface area contributed by atoms with Crippen LogP contribution in [0.3, 0.4) is 0 Å². The van der Waals surface area contributed by atoms with Crippen LogP contribution in [0, 0.1) is 5.41 Å². The van der Waals surface area contributed by atoms with Crippen molar-refractivity contribution in [1.82, 2.24) is 4.57 Å². The smallest absolute Gasteiger partial charge is 0.350 e. The average molecular weight is 252 g/mol. The minimum atomic E-state index is -4.31. The summed E-state index contributed by atoms with van der Waals surface area (Å²) in [6.07, 6.45) is -0.975. The van der Waals surface area contributed by atoms with Crippen molar-refractivity contribution >= 4 is 0 Å². The summed E-state index contributed by atoms with van der Waals surface area (Å²) >= 11 is 0. The van der Waals surface area contributed by atoms with Gasteiger partial charge in [0, 0.05) is 18.9 Å². The zero-order valence-corrected chi connectivity index (χ0v) is 9.41. The minimum absolute atomic E-state index is 0.351. The molecule has 0 atom stereocenters. The van der Waals surface area contributed by atoms with Gasteiger partial charge < -0.3 is 9.98 Å². The van der Waals surface area contributed by atoms with Crippen LogP contribution in [0.15, 0.2) is 48.8 Å². The van der Waals surface area contributed by atoms with Crippen LogP contribution in [0.2, 0.25) is 0 Å². The van der Waals surface area contributed by atoms with E-state index in [4.69, 9.17) is 5.41 Å². The van der Waals surface area contributed by atoms with Gasteiger partial charge in [-0.3, -0.25) is 0 Å². The third kappa shape index (κ3) is 3.00. The van der Waals surface area contributed by atoms with Gasteiger partial charge in [0.25, 0.3) is 0 Å². The molecule has 0 aliphatic rings. The van der Waals surface area contributed by atoms with E-state index in [1.807, 2.05) is 0 Å². The fraction of sp³-hybridized carbons (Fsp3) is 0.154. The molecule has 2 rings (SSSR count). The zero-order valence-electron chi connectivity index (χ0n) is 9.41. The highest BCUT2D eigenvalue weighted by Crippen LogP contribution is 2.29. The fourth-order valence-corrected chi connectivity index (χ4v) is 1.62. The molecule has 0 radical (unpaired) electrons. The van der Waals surface area contributed by atoms with E-state index in [0.29, 0.717) is 17.5 Å². The Kier molecular flexibility index (Phi) is 3.23. The molecule has 0 saturated carbocycles. The van der Waals surface area contributed by atoms with Gasteiger partial charge in [0.05, 0.1) is 10.9 Å². The Morgan fingerprint density at radius 1 is 1.06 bits per heavy atom. The van der Waals surface area contributed by atoms with E-state index in [1.54, 1.807) is 35.2 Å². The number of benzene rings is 1. The summed E-state index contributed by atoms with van der Waals surface area (Å²) in [6.45, 7) is 0.351. The highest BCUT2D eigenvalue weighted by atomic mass is 19.4. The Morgan fingerprint density at radius 2 is 1.72 bits per heavy atom. The summed E-state index contributed by atoms with van der Waals surface area (Å²) in [6, 6.07) is 8.43. The topological polar surface area (TPSA) is 28.8 Å². The van der Waals surface area contributed by atoms with Crippen molar-refractivity contribution in [3.05, 3.63) is 65.3 Å². The van der Waals surface area contributed by atoms with Crippen LogP contribution in [0.1, 0.15) is 11.1 Å². The second kappa shape index (κ2) is 4.68. The molecule has 18 heavy (non-hydrogen) atoms. The standard InChI is InChI=1S/C13H11F3N2/c14-13(15,16)11-3-1-2-10(8-11)9-18-6-4-12(17)5-7-18/h1-8,17H,9H2. The van der Waals surface area contributed by atoms with Gasteiger partial charge in [-0.1, -0.05) is 12.1 Å². The van der Waals surface area contributed by atoms with E-state index < -0.39 is 11.7 Å². The van der Waals surface area contributed by atoms with E-state index in [1.165, 1.54) is 6.07 Å².